The highest BCUT2D eigenvalue weighted by Crippen LogP contribution is 2.28. The van der Waals surface area contributed by atoms with E-state index in [2.05, 4.69) is 13.8 Å². The second-order valence-electron chi connectivity index (χ2n) is 12.8. The van der Waals surface area contributed by atoms with Gasteiger partial charge >= 0.3 is 6.09 Å². The fraction of sp³-hybridized carbons (Fsp3) is 0.677. The maximum Gasteiger partial charge on any atom is 0.410 e. The SMILES string of the molecule is COCCCCn1c(C(=O)N(CC(C)C)[C@H]2C[C@@H](C(=O)N3CCC3)CN(C(=O)OC(C)(C)C)C2)nc2ccccc21. The number of fused-ring (bicyclic) bond motifs is 1. The molecular formula is C31H47N5O5. The number of nitrogens with zero attached hydrogens (tertiary/aromatic N) is 5. The Balaban J connectivity index is 1.67. The van der Waals surface area contributed by atoms with Crippen LogP contribution in [0, 0.1) is 11.8 Å². The Kier molecular flexibility index (Phi) is 9.94. The molecule has 10 nitrogen and oxygen atoms in total. The monoisotopic (exact) mass is 569 g/mol. The predicted molar refractivity (Wildman–Crippen MR) is 158 cm³/mol. The van der Waals surface area contributed by atoms with Gasteiger partial charge in [-0.15, -0.1) is 0 Å². The number of amides is 3. The molecule has 0 bridgehead atoms. The molecule has 2 aromatic rings. The largest absolute Gasteiger partial charge is 0.444 e. The Morgan fingerprint density at radius 1 is 1.07 bits per heavy atom. The van der Waals surface area contributed by atoms with Crippen molar-refractivity contribution in [3.8, 4) is 0 Å². The number of methoxy groups -OCH3 is 1. The van der Waals surface area contributed by atoms with E-state index in [0.717, 1.165) is 43.4 Å². The number of ether oxygens (including phenoxy) is 2. The zero-order chi connectivity index (χ0) is 29.7. The highest BCUT2D eigenvalue weighted by atomic mass is 16.6. The zero-order valence-corrected chi connectivity index (χ0v) is 25.6. The van der Waals surface area contributed by atoms with Crippen LogP contribution in [0.5, 0.6) is 0 Å². The second kappa shape index (κ2) is 13.2. The number of imidazole rings is 1. The Labute approximate surface area is 243 Å². The van der Waals surface area contributed by atoms with Crippen molar-refractivity contribution < 1.29 is 23.9 Å². The fourth-order valence-electron chi connectivity index (χ4n) is 5.65. The first-order valence-corrected chi connectivity index (χ1v) is 15.0. The van der Waals surface area contributed by atoms with Gasteiger partial charge in [-0.1, -0.05) is 26.0 Å². The van der Waals surface area contributed by atoms with Crippen LogP contribution in [0.2, 0.25) is 0 Å². The number of carbonyl (C=O) groups is 3. The number of carbonyl (C=O) groups excluding carboxylic acids is 3. The summed E-state index contributed by atoms with van der Waals surface area (Å²) in [5, 5.41) is 0. The average Bonchev–Trinajstić information content (AvgIpc) is 3.25. The number of aromatic nitrogens is 2. The van der Waals surface area contributed by atoms with Crippen molar-refractivity contribution >= 4 is 28.9 Å². The van der Waals surface area contributed by atoms with Gasteiger partial charge in [-0.05, 0) is 64.5 Å². The first-order chi connectivity index (χ1) is 19.5. The van der Waals surface area contributed by atoms with Gasteiger partial charge in [0, 0.05) is 53.0 Å². The van der Waals surface area contributed by atoms with E-state index in [-0.39, 0.29) is 23.8 Å². The minimum absolute atomic E-state index is 0.0526. The van der Waals surface area contributed by atoms with E-state index in [0.29, 0.717) is 45.0 Å². The molecular weight excluding hydrogens is 522 g/mol. The highest BCUT2D eigenvalue weighted by molar-refractivity contribution is 5.95. The van der Waals surface area contributed by atoms with Gasteiger partial charge in [0.25, 0.3) is 5.91 Å². The molecule has 1 aromatic heterocycles. The van der Waals surface area contributed by atoms with Crippen LogP contribution in [0.1, 0.15) is 70.9 Å². The number of piperidine rings is 1. The normalized spacial score (nSPS) is 19.4. The molecule has 3 heterocycles. The average molecular weight is 570 g/mol. The summed E-state index contributed by atoms with van der Waals surface area (Å²) in [6, 6.07) is 7.47. The first kappa shape index (κ1) is 30.8. The van der Waals surface area contributed by atoms with E-state index in [9.17, 15) is 14.4 Å². The van der Waals surface area contributed by atoms with Crippen LogP contribution in [0.15, 0.2) is 24.3 Å². The number of rotatable bonds is 10. The number of likely N-dealkylation sites (tertiary alicyclic amines) is 2. The summed E-state index contributed by atoms with van der Waals surface area (Å²) in [6.45, 7) is 13.5. The summed E-state index contributed by atoms with van der Waals surface area (Å²) in [5.41, 5.74) is 1.03. The topological polar surface area (TPSA) is 97.2 Å². The molecule has 0 radical (unpaired) electrons. The van der Waals surface area contributed by atoms with Crippen molar-refractivity contribution in [2.45, 2.75) is 78.5 Å². The van der Waals surface area contributed by atoms with Gasteiger partial charge in [0.2, 0.25) is 5.91 Å². The van der Waals surface area contributed by atoms with Crippen molar-refractivity contribution in [1.29, 1.82) is 0 Å². The molecule has 2 fully saturated rings. The van der Waals surface area contributed by atoms with Crippen molar-refractivity contribution in [3.63, 3.8) is 0 Å². The van der Waals surface area contributed by atoms with Gasteiger partial charge in [-0.3, -0.25) is 9.59 Å². The molecule has 0 saturated carbocycles. The minimum Gasteiger partial charge on any atom is -0.444 e. The van der Waals surface area contributed by atoms with E-state index in [4.69, 9.17) is 14.5 Å². The van der Waals surface area contributed by atoms with Crippen molar-refractivity contribution in [2.75, 3.05) is 46.4 Å². The Hall–Kier alpha value is -3.14. The number of benzene rings is 1. The molecule has 226 valence electrons. The summed E-state index contributed by atoms with van der Waals surface area (Å²) in [7, 11) is 1.69. The van der Waals surface area contributed by atoms with Gasteiger partial charge in [-0.25, -0.2) is 9.78 Å². The van der Waals surface area contributed by atoms with Crippen molar-refractivity contribution in [2.24, 2.45) is 11.8 Å². The highest BCUT2D eigenvalue weighted by Gasteiger charge is 2.42. The lowest BCUT2D eigenvalue weighted by Gasteiger charge is -2.44. The summed E-state index contributed by atoms with van der Waals surface area (Å²) in [5.74, 6) is 0.0609. The molecule has 2 aliphatic rings. The third kappa shape index (κ3) is 7.58. The summed E-state index contributed by atoms with van der Waals surface area (Å²) < 4.78 is 13.0. The molecule has 41 heavy (non-hydrogen) atoms. The number of para-hydroxylation sites is 2. The number of hydrogen-bond acceptors (Lipinski definition) is 6. The third-order valence-corrected chi connectivity index (χ3v) is 7.69. The van der Waals surface area contributed by atoms with Gasteiger partial charge < -0.3 is 28.7 Å². The molecule has 4 rings (SSSR count). The van der Waals surface area contributed by atoms with Crippen LogP contribution in [0.3, 0.4) is 0 Å². The summed E-state index contributed by atoms with van der Waals surface area (Å²) >= 11 is 0. The maximum absolute atomic E-state index is 14.4. The molecule has 2 aliphatic heterocycles. The number of aryl methyl sites for hydroxylation is 1. The molecule has 0 aliphatic carbocycles. The molecule has 1 aromatic carbocycles. The lowest BCUT2D eigenvalue weighted by Crippen LogP contribution is -2.59. The first-order valence-electron chi connectivity index (χ1n) is 15.0. The summed E-state index contributed by atoms with van der Waals surface area (Å²) in [6.07, 6.45) is 2.77. The van der Waals surface area contributed by atoms with E-state index < -0.39 is 17.6 Å². The third-order valence-electron chi connectivity index (χ3n) is 7.69. The fourth-order valence-corrected chi connectivity index (χ4v) is 5.65. The lowest BCUT2D eigenvalue weighted by atomic mass is 9.90. The predicted octanol–water partition coefficient (Wildman–Crippen LogP) is 4.42. The molecule has 2 saturated heterocycles. The summed E-state index contributed by atoms with van der Waals surface area (Å²) in [4.78, 5) is 51.2. The minimum atomic E-state index is -0.665. The van der Waals surface area contributed by atoms with Crippen LogP contribution < -0.4 is 0 Å². The van der Waals surface area contributed by atoms with E-state index in [1.807, 2.05) is 59.4 Å². The van der Waals surface area contributed by atoms with E-state index >= 15 is 0 Å². The standard InChI is InChI=1S/C31H47N5O5/c1-22(2)19-36(29(38)27-32-25-12-7-8-13-26(25)35(27)16-9-10-17-40-6)24-18-23(28(37)33-14-11-15-33)20-34(21-24)30(39)41-31(3,4)5/h7-8,12-13,22-24H,9-11,14-21H2,1-6H3/t23-,24+/m1/s1. The van der Waals surface area contributed by atoms with Crippen LogP contribution in [0.4, 0.5) is 4.79 Å². The van der Waals surface area contributed by atoms with Gasteiger partial charge in [0.05, 0.1) is 23.0 Å². The molecule has 0 unspecified atom stereocenters. The second-order valence-corrected chi connectivity index (χ2v) is 12.8. The Morgan fingerprint density at radius 3 is 2.44 bits per heavy atom. The Bertz CT molecular complexity index is 1220. The quantitative estimate of drug-likeness (QED) is 0.393. The number of hydrogen-bond donors (Lipinski definition) is 0. The van der Waals surface area contributed by atoms with Crippen LogP contribution >= 0.6 is 0 Å². The lowest BCUT2D eigenvalue weighted by molar-refractivity contribution is -0.141. The molecule has 0 N–H and O–H groups in total. The van der Waals surface area contributed by atoms with Crippen molar-refractivity contribution in [1.82, 2.24) is 24.3 Å². The van der Waals surface area contributed by atoms with Gasteiger partial charge in [0.1, 0.15) is 5.60 Å². The van der Waals surface area contributed by atoms with E-state index in [1.54, 1.807) is 12.0 Å². The van der Waals surface area contributed by atoms with Crippen LogP contribution in [0.25, 0.3) is 11.0 Å². The smallest absolute Gasteiger partial charge is 0.410 e. The van der Waals surface area contributed by atoms with Crippen LogP contribution in [-0.2, 0) is 20.8 Å². The molecule has 2 atom stereocenters. The van der Waals surface area contributed by atoms with E-state index in [1.165, 1.54) is 0 Å². The molecule has 3 amide bonds. The van der Waals surface area contributed by atoms with Crippen molar-refractivity contribution in [3.05, 3.63) is 30.1 Å². The maximum atomic E-state index is 14.4. The Morgan fingerprint density at radius 2 is 1.80 bits per heavy atom. The molecule has 10 heteroatoms. The number of unbranched alkanes of at least 4 members (excludes halogenated alkanes) is 1. The molecule has 0 spiro atoms. The van der Waals surface area contributed by atoms with Crippen LogP contribution in [-0.4, -0.2) is 100 Å². The van der Waals surface area contributed by atoms with Gasteiger partial charge in [-0.2, -0.15) is 0 Å². The van der Waals surface area contributed by atoms with Gasteiger partial charge in [0.15, 0.2) is 5.82 Å². The zero-order valence-electron chi connectivity index (χ0n) is 25.6.